The maximum Gasteiger partial charge on any atom is 0.312 e. The quantitative estimate of drug-likeness (QED) is 0.690. The van der Waals surface area contributed by atoms with Crippen LogP contribution >= 0.6 is 15.9 Å². The number of aromatic nitrogens is 2. The van der Waals surface area contributed by atoms with Crippen molar-refractivity contribution < 1.29 is 9.66 Å². The van der Waals surface area contributed by atoms with Gasteiger partial charge in [0.05, 0.1) is 9.40 Å². The molecule has 18 heavy (non-hydrogen) atoms. The molecule has 8 heteroatoms. The van der Waals surface area contributed by atoms with Gasteiger partial charge in [-0.15, -0.1) is 0 Å². The van der Waals surface area contributed by atoms with Gasteiger partial charge in [0.2, 0.25) is 11.6 Å². The van der Waals surface area contributed by atoms with Gasteiger partial charge < -0.3 is 10.5 Å². The molecule has 0 aliphatic heterocycles. The molecule has 0 spiro atoms. The minimum Gasteiger partial charge on any atom is -0.430 e. The summed E-state index contributed by atoms with van der Waals surface area (Å²) >= 11 is 3.19. The first-order chi connectivity index (χ1) is 8.58. The monoisotopic (exact) mass is 310 g/mol. The number of rotatable bonds is 3. The Balaban J connectivity index is 2.42. The highest BCUT2D eigenvalue weighted by atomic mass is 79.9. The standard InChI is InChI=1S/C10H7BrN4O3/c11-6-2-1-3-7(15(16)17)10(6)18-9-4-8(12)13-5-14-9/h1-5H,(H2,12,13,14). The van der Waals surface area contributed by atoms with E-state index in [-0.39, 0.29) is 23.1 Å². The lowest BCUT2D eigenvalue weighted by molar-refractivity contribution is -0.385. The first kappa shape index (κ1) is 12.2. The summed E-state index contributed by atoms with van der Waals surface area (Å²) in [7, 11) is 0. The number of ether oxygens (including phenoxy) is 1. The van der Waals surface area contributed by atoms with Crippen molar-refractivity contribution in [2.75, 3.05) is 5.73 Å². The minimum absolute atomic E-state index is 0.0700. The number of nitrogen functional groups attached to an aromatic ring is 1. The summed E-state index contributed by atoms with van der Waals surface area (Å²) in [6.45, 7) is 0. The molecule has 0 aliphatic rings. The molecule has 0 amide bonds. The zero-order chi connectivity index (χ0) is 13.1. The van der Waals surface area contributed by atoms with Gasteiger partial charge in [-0.1, -0.05) is 6.07 Å². The summed E-state index contributed by atoms with van der Waals surface area (Å²) in [6.07, 6.45) is 1.22. The predicted molar refractivity (Wildman–Crippen MR) is 67.3 cm³/mol. The molecule has 0 unspecified atom stereocenters. The Bertz CT molecular complexity index is 605. The third-order valence-corrected chi connectivity index (χ3v) is 2.64. The van der Waals surface area contributed by atoms with E-state index in [9.17, 15) is 10.1 Å². The molecule has 2 aromatic rings. The fourth-order valence-electron chi connectivity index (χ4n) is 1.26. The van der Waals surface area contributed by atoms with Gasteiger partial charge in [-0.2, -0.15) is 0 Å². The average Bonchev–Trinajstić information content (AvgIpc) is 2.31. The number of halogens is 1. The van der Waals surface area contributed by atoms with Gasteiger partial charge in [0.25, 0.3) is 0 Å². The molecule has 0 saturated carbocycles. The molecular weight excluding hydrogens is 304 g/mol. The van der Waals surface area contributed by atoms with Crippen molar-refractivity contribution in [2.24, 2.45) is 0 Å². The molecule has 7 nitrogen and oxygen atoms in total. The van der Waals surface area contributed by atoms with E-state index in [4.69, 9.17) is 10.5 Å². The Kier molecular flexibility index (Phi) is 3.38. The zero-order valence-corrected chi connectivity index (χ0v) is 10.5. The van der Waals surface area contributed by atoms with Crippen molar-refractivity contribution in [3.05, 3.63) is 45.2 Å². The van der Waals surface area contributed by atoms with Crippen LogP contribution in [0.1, 0.15) is 0 Å². The van der Waals surface area contributed by atoms with Gasteiger partial charge in [0.15, 0.2) is 0 Å². The number of nitrogens with two attached hydrogens (primary N) is 1. The summed E-state index contributed by atoms with van der Waals surface area (Å²) < 4.78 is 5.82. The fraction of sp³-hybridized carbons (Fsp3) is 0. The molecule has 0 bridgehead atoms. The molecule has 1 aromatic heterocycles. The Morgan fingerprint density at radius 3 is 2.83 bits per heavy atom. The van der Waals surface area contributed by atoms with Gasteiger partial charge in [-0.05, 0) is 22.0 Å². The summed E-state index contributed by atoms with van der Waals surface area (Å²) in [4.78, 5) is 17.9. The summed E-state index contributed by atoms with van der Waals surface area (Å²) in [5, 5.41) is 10.9. The Morgan fingerprint density at radius 1 is 1.39 bits per heavy atom. The molecule has 0 fully saturated rings. The third kappa shape index (κ3) is 2.54. The highest BCUT2D eigenvalue weighted by molar-refractivity contribution is 9.10. The van der Waals surface area contributed by atoms with Crippen molar-refractivity contribution in [1.29, 1.82) is 0 Å². The number of benzene rings is 1. The zero-order valence-electron chi connectivity index (χ0n) is 8.91. The van der Waals surface area contributed by atoms with Crippen LogP contribution in [0.2, 0.25) is 0 Å². The molecule has 0 saturated heterocycles. The molecule has 92 valence electrons. The smallest absolute Gasteiger partial charge is 0.312 e. The van der Waals surface area contributed by atoms with Crippen LogP contribution in [0.15, 0.2) is 35.1 Å². The SMILES string of the molecule is Nc1cc(Oc2c(Br)cccc2[N+](=O)[O-])ncn1. The van der Waals surface area contributed by atoms with Crippen LogP contribution < -0.4 is 10.5 Å². The van der Waals surface area contributed by atoms with Gasteiger partial charge in [-0.3, -0.25) is 10.1 Å². The van der Waals surface area contributed by atoms with E-state index in [1.54, 1.807) is 12.1 Å². The van der Waals surface area contributed by atoms with E-state index in [1.807, 2.05) is 0 Å². The second-order valence-electron chi connectivity index (χ2n) is 3.23. The van der Waals surface area contributed by atoms with Gasteiger partial charge in [0, 0.05) is 12.1 Å². The molecule has 1 heterocycles. The number of nitro benzene ring substituents is 1. The maximum atomic E-state index is 10.9. The number of nitro groups is 1. The molecule has 0 aliphatic carbocycles. The fourth-order valence-corrected chi connectivity index (χ4v) is 1.69. The van der Waals surface area contributed by atoms with Gasteiger partial charge in [0.1, 0.15) is 12.1 Å². The number of anilines is 1. The van der Waals surface area contributed by atoms with Crippen LogP contribution in [0.3, 0.4) is 0 Å². The lowest BCUT2D eigenvalue weighted by atomic mass is 10.3. The maximum absolute atomic E-state index is 10.9. The molecule has 2 N–H and O–H groups in total. The van der Waals surface area contributed by atoms with Crippen LogP contribution in [0.5, 0.6) is 11.6 Å². The highest BCUT2D eigenvalue weighted by Crippen LogP contribution is 2.37. The largest absolute Gasteiger partial charge is 0.430 e. The number of hydrogen-bond donors (Lipinski definition) is 1. The predicted octanol–water partition coefficient (Wildman–Crippen LogP) is 2.52. The molecule has 0 radical (unpaired) electrons. The number of hydrogen-bond acceptors (Lipinski definition) is 6. The van der Waals surface area contributed by atoms with Gasteiger partial charge in [-0.25, -0.2) is 9.97 Å². The van der Waals surface area contributed by atoms with Crippen LogP contribution in [0.4, 0.5) is 11.5 Å². The first-order valence-electron chi connectivity index (χ1n) is 4.76. The summed E-state index contributed by atoms with van der Waals surface area (Å²) in [5.41, 5.74) is 5.31. The minimum atomic E-state index is -0.537. The highest BCUT2D eigenvalue weighted by Gasteiger charge is 2.19. The second-order valence-corrected chi connectivity index (χ2v) is 4.08. The van der Waals surface area contributed by atoms with Crippen molar-refractivity contribution >= 4 is 27.4 Å². The van der Waals surface area contributed by atoms with E-state index >= 15 is 0 Å². The van der Waals surface area contributed by atoms with Crippen molar-refractivity contribution in [1.82, 2.24) is 9.97 Å². The Hall–Kier alpha value is -2.22. The summed E-state index contributed by atoms with van der Waals surface area (Å²) in [5.74, 6) is 0.424. The Morgan fingerprint density at radius 2 is 2.17 bits per heavy atom. The van der Waals surface area contributed by atoms with E-state index in [0.29, 0.717) is 4.47 Å². The van der Waals surface area contributed by atoms with Crippen molar-refractivity contribution in [3.63, 3.8) is 0 Å². The van der Waals surface area contributed by atoms with Crippen molar-refractivity contribution in [3.8, 4) is 11.6 Å². The van der Waals surface area contributed by atoms with E-state index in [1.165, 1.54) is 18.5 Å². The van der Waals surface area contributed by atoms with Crippen LogP contribution in [0, 0.1) is 10.1 Å². The lowest BCUT2D eigenvalue weighted by Gasteiger charge is -2.07. The first-order valence-corrected chi connectivity index (χ1v) is 5.55. The van der Waals surface area contributed by atoms with Crippen molar-refractivity contribution in [2.45, 2.75) is 0 Å². The molecule has 2 rings (SSSR count). The van der Waals surface area contributed by atoms with E-state index < -0.39 is 4.92 Å². The number of nitrogens with zero attached hydrogens (tertiary/aromatic N) is 3. The Labute approximate surface area is 110 Å². The topological polar surface area (TPSA) is 104 Å². The van der Waals surface area contributed by atoms with Crippen LogP contribution in [-0.2, 0) is 0 Å². The van der Waals surface area contributed by atoms with Crippen LogP contribution in [-0.4, -0.2) is 14.9 Å². The lowest BCUT2D eigenvalue weighted by Crippen LogP contribution is -1.97. The van der Waals surface area contributed by atoms with E-state index in [0.717, 1.165) is 0 Å². The second kappa shape index (κ2) is 4.96. The molecule has 0 atom stereocenters. The molecule has 1 aromatic carbocycles. The van der Waals surface area contributed by atoms with Gasteiger partial charge >= 0.3 is 5.69 Å². The summed E-state index contributed by atoms with van der Waals surface area (Å²) in [6, 6.07) is 5.89. The normalized spacial score (nSPS) is 10.1. The van der Waals surface area contributed by atoms with Crippen LogP contribution in [0.25, 0.3) is 0 Å². The number of para-hydroxylation sites is 1. The van der Waals surface area contributed by atoms with E-state index in [2.05, 4.69) is 25.9 Å². The third-order valence-electron chi connectivity index (χ3n) is 2.01. The molecular formula is C10H7BrN4O3. The average molecular weight is 311 g/mol.